The van der Waals surface area contributed by atoms with Crippen LogP contribution in [-0.2, 0) is 13.1 Å². The third kappa shape index (κ3) is 2.76. The maximum absolute atomic E-state index is 4.45. The second-order valence-electron chi connectivity index (χ2n) is 4.91. The van der Waals surface area contributed by atoms with E-state index in [0.29, 0.717) is 0 Å². The molecule has 0 saturated carbocycles. The van der Waals surface area contributed by atoms with Crippen LogP contribution >= 0.6 is 11.3 Å². The number of hydrogen-bond donors (Lipinski definition) is 1. The number of thiophene rings is 1. The highest BCUT2D eigenvalue weighted by Crippen LogP contribution is 2.26. The molecule has 0 fully saturated rings. The first-order chi connectivity index (χ1) is 9.88. The monoisotopic (exact) mass is 285 g/mol. The van der Waals surface area contributed by atoms with Crippen LogP contribution in [-0.4, -0.2) is 16.1 Å². The molecule has 0 aliphatic carbocycles. The summed E-state index contributed by atoms with van der Waals surface area (Å²) >= 11 is 1.81. The molecule has 0 aliphatic heterocycles. The van der Waals surface area contributed by atoms with Gasteiger partial charge < -0.3 is 9.88 Å². The molecule has 4 heteroatoms. The van der Waals surface area contributed by atoms with Crippen LogP contribution < -0.4 is 5.32 Å². The van der Waals surface area contributed by atoms with E-state index in [4.69, 9.17) is 0 Å². The fourth-order valence-corrected chi connectivity index (χ4v) is 3.32. The molecule has 2 heterocycles. The standard InChI is InChI=1S/C16H19N3S/c1-2-7-17-10-16-18-8-9-19(16)11-13-12-20-15-6-4-3-5-14(13)15/h3-6,8-9,12,17H,2,7,10-11H2,1H3. The minimum atomic E-state index is 0.836. The van der Waals surface area contributed by atoms with Gasteiger partial charge in [0.15, 0.2) is 0 Å². The second kappa shape index (κ2) is 6.20. The van der Waals surface area contributed by atoms with E-state index < -0.39 is 0 Å². The van der Waals surface area contributed by atoms with Gasteiger partial charge in [-0.2, -0.15) is 0 Å². The molecular weight excluding hydrogens is 266 g/mol. The molecule has 0 atom stereocenters. The van der Waals surface area contributed by atoms with Crippen molar-refractivity contribution in [2.24, 2.45) is 0 Å². The van der Waals surface area contributed by atoms with Crippen LogP contribution in [0.2, 0.25) is 0 Å². The Morgan fingerprint density at radius 1 is 1.30 bits per heavy atom. The molecule has 1 aromatic carbocycles. The number of aromatic nitrogens is 2. The van der Waals surface area contributed by atoms with Gasteiger partial charge in [0, 0.05) is 17.1 Å². The summed E-state index contributed by atoms with van der Waals surface area (Å²) in [6.07, 6.45) is 5.10. The van der Waals surface area contributed by atoms with E-state index in [1.807, 2.05) is 17.5 Å². The highest BCUT2D eigenvalue weighted by Gasteiger charge is 2.07. The Labute approximate surface area is 123 Å². The lowest BCUT2D eigenvalue weighted by Gasteiger charge is -2.08. The van der Waals surface area contributed by atoms with Crippen LogP contribution in [0.4, 0.5) is 0 Å². The quantitative estimate of drug-likeness (QED) is 0.701. The summed E-state index contributed by atoms with van der Waals surface area (Å²) in [4.78, 5) is 4.45. The first-order valence-corrected chi connectivity index (χ1v) is 7.92. The van der Waals surface area contributed by atoms with E-state index in [1.165, 1.54) is 15.6 Å². The van der Waals surface area contributed by atoms with Crippen molar-refractivity contribution in [1.29, 1.82) is 0 Å². The third-order valence-electron chi connectivity index (χ3n) is 3.41. The predicted octanol–water partition coefficient (Wildman–Crippen LogP) is 3.65. The Hall–Kier alpha value is -1.65. The zero-order chi connectivity index (χ0) is 13.8. The maximum Gasteiger partial charge on any atom is 0.122 e. The van der Waals surface area contributed by atoms with Gasteiger partial charge in [0.25, 0.3) is 0 Å². The topological polar surface area (TPSA) is 29.9 Å². The number of imidazole rings is 1. The van der Waals surface area contributed by atoms with Crippen LogP contribution in [0.15, 0.2) is 42.0 Å². The molecule has 0 saturated heterocycles. The molecule has 3 nitrogen and oxygen atoms in total. The first-order valence-electron chi connectivity index (χ1n) is 7.04. The number of hydrogen-bond acceptors (Lipinski definition) is 3. The van der Waals surface area contributed by atoms with Crippen molar-refractivity contribution in [3.05, 3.63) is 53.4 Å². The smallest absolute Gasteiger partial charge is 0.122 e. The van der Waals surface area contributed by atoms with E-state index in [0.717, 1.165) is 31.9 Å². The zero-order valence-electron chi connectivity index (χ0n) is 11.7. The Balaban J connectivity index is 1.79. The van der Waals surface area contributed by atoms with Crippen LogP contribution in [0.3, 0.4) is 0 Å². The van der Waals surface area contributed by atoms with Crippen molar-refractivity contribution in [2.45, 2.75) is 26.4 Å². The Morgan fingerprint density at radius 3 is 3.10 bits per heavy atom. The molecule has 2 aromatic heterocycles. The highest BCUT2D eigenvalue weighted by molar-refractivity contribution is 7.17. The number of benzene rings is 1. The minimum absolute atomic E-state index is 0.836. The lowest BCUT2D eigenvalue weighted by molar-refractivity contribution is 0.616. The van der Waals surface area contributed by atoms with E-state index in [1.54, 1.807) is 0 Å². The van der Waals surface area contributed by atoms with Crippen LogP contribution in [0.5, 0.6) is 0 Å². The van der Waals surface area contributed by atoms with Gasteiger partial charge in [0.05, 0.1) is 13.1 Å². The van der Waals surface area contributed by atoms with Crippen molar-refractivity contribution < 1.29 is 0 Å². The molecular formula is C16H19N3S. The predicted molar refractivity (Wildman–Crippen MR) is 85.2 cm³/mol. The number of nitrogens with zero attached hydrogens (tertiary/aromatic N) is 2. The summed E-state index contributed by atoms with van der Waals surface area (Å²) in [5.41, 5.74) is 1.38. The first kappa shape index (κ1) is 13.3. The number of rotatable bonds is 6. The van der Waals surface area contributed by atoms with Gasteiger partial charge in [-0.1, -0.05) is 25.1 Å². The molecule has 1 N–H and O–H groups in total. The van der Waals surface area contributed by atoms with E-state index in [2.05, 4.69) is 57.6 Å². The Bertz CT molecular complexity index is 684. The summed E-state index contributed by atoms with van der Waals surface area (Å²) < 4.78 is 3.59. The van der Waals surface area contributed by atoms with Crippen molar-refractivity contribution in [3.63, 3.8) is 0 Å². The summed E-state index contributed by atoms with van der Waals surface area (Å²) in [6.45, 7) is 4.95. The number of nitrogens with one attached hydrogen (secondary N) is 1. The molecule has 20 heavy (non-hydrogen) atoms. The maximum atomic E-state index is 4.45. The van der Waals surface area contributed by atoms with Gasteiger partial charge in [-0.15, -0.1) is 11.3 Å². The molecule has 0 spiro atoms. The van der Waals surface area contributed by atoms with Crippen LogP contribution in [0, 0.1) is 0 Å². The summed E-state index contributed by atoms with van der Waals surface area (Å²) in [5.74, 6) is 1.11. The Morgan fingerprint density at radius 2 is 2.20 bits per heavy atom. The van der Waals surface area contributed by atoms with Crippen LogP contribution in [0.25, 0.3) is 10.1 Å². The minimum Gasteiger partial charge on any atom is -0.329 e. The van der Waals surface area contributed by atoms with Crippen molar-refractivity contribution in [2.75, 3.05) is 6.54 Å². The van der Waals surface area contributed by atoms with Crippen molar-refractivity contribution in [1.82, 2.24) is 14.9 Å². The van der Waals surface area contributed by atoms with E-state index in [9.17, 15) is 0 Å². The van der Waals surface area contributed by atoms with E-state index >= 15 is 0 Å². The molecule has 0 radical (unpaired) electrons. The molecule has 0 bridgehead atoms. The van der Waals surface area contributed by atoms with Gasteiger partial charge in [0.1, 0.15) is 5.82 Å². The highest BCUT2D eigenvalue weighted by atomic mass is 32.1. The molecule has 0 aliphatic rings. The lowest BCUT2D eigenvalue weighted by Crippen LogP contribution is -2.17. The number of fused-ring (bicyclic) bond motifs is 1. The Kier molecular flexibility index (Phi) is 4.14. The normalized spacial score (nSPS) is 11.2. The average molecular weight is 285 g/mol. The third-order valence-corrected chi connectivity index (χ3v) is 4.43. The summed E-state index contributed by atoms with van der Waals surface area (Å²) in [7, 11) is 0. The average Bonchev–Trinajstić information content (AvgIpc) is 3.08. The van der Waals surface area contributed by atoms with Gasteiger partial charge >= 0.3 is 0 Å². The second-order valence-corrected chi connectivity index (χ2v) is 5.82. The summed E-state index contributed by atoms with van der Waals surface area (Å²) in [6, 6.07) is 8.59. The summed E-state index contributed by atoms with van der Waals surface area (Å²) in [5, 5.41) is 7.03. The van der Waals surface area contributed by atoms with Gasteiger partial charge in [0.2, 0.25) is 0 Å². The lowest BCUT2D eigenvalue weighted by atomic mass is 10.2. The van der Waals surface area contributed by atoms with E-state index in [-0.39, 0.29) is 0 Å². The van der Waals surface area contributed by atoms with Crippen LogP contribution in [0.1, 0.15) is 24.7 Å². The molecule has 3 rings (SSSR count). The molecule has 104 valence electrons. The molecule has 0 amide bonds. The largest absolute Gasteiger partial charge is 0.329 e. The van der Waals surface area contributed by atoms with Gasteiger partial charge in [-0.05, 0) is 35.4 Å². The fourth-order valence-electron chi connectivity index (χ4n) is 2.37. The van der Waals surface area contributed by atoms with Gasteiger partial charge in [-0.25, -0.2) is 4.98 Å². The van der Waals surface area contributed by atoms with Gasteiger partial charge in [-0.3, -0.25) is 0 Å². The van der Waals surface area contributed by atoms with Crippen molar-refractivity contribution >= 4 is 21.4 Å². The molecule has 3 aromatic rings. The fraction of sp³-hybridized carbons (Fsp3) is 0.312. The SMILES string of the molecule is CCCNCc1nccn1Cc1csc2ccccc12. The molecule has 0 unspecified atom stereocenters. The van der Waals surface area contributed by atoms with Crippen molar-refractivity contribution in [3.8, 4) is 0 Å². The zero-order valence-corrected chi connectivity index (χ0v) is 12.5.